The van der Waals surface area contributed by atoms with Gasteiger partial charge in [0.05, 0.1) is 0 Å². The molecule has 0 aliphatic carbocycles. The number of hydrogen-bond acceptors (Lipinski definition) is 3. The summed E-state index contributed by atoms with van der Waals surface area (Å²) < 4.78 is 0. The smallest absolute Gasteiger partial charge is 0.251 e. The first-order valence-electron chi connectivity index (χ1n) is 11.1. The zero-order valence-electron chi connectivity index (χ0n) is 18.5. The lowest BCUT2D eigenvalue weighted by molar-refractivity contribution is -0.124. The highest BCUT2D eigenvalue weighted by Gasteiger charge is 2.26. The van der Waals surface area contributed by atoms with Gasteiger partial charge in [0, 0.05) is 37.7 Å². The number of likely N-dealkylation sites (tertiary alicyclic amines) is 1. The molecule has 5 heteroatoms. The fourth-order valence-electron chi connectivity index (χ4n) is 3.76. The minimum absolute atomic E-state index is 0.115. The summed E-state index contributed by atoms with van der Waals surface area (Å²) in [6.07, 6.45) is 4.55. The molecule has 1 heterocycles. The van der Waals surface area contributed by atoms with E-state index < -0.39 is 6.04 Å². The Bertz CT molecular complexity index is 868. The zero-order chi connectivity index (χ0) is 22.1. The predicted molar refractivity (Wildman–Crippen MR) is 125 cm³/mol. The molecular formula is C26H33N3O2. The number of piperidine rings is 1. The van der Waals surface area contributed by atoms with Crippen LogP contribution < -0.4 is 10.6 Å². The first-order chi connectivity index (χ1) is 15.0. The number of rotatable bonds is 8. The second-order valence-corrected chi connectivity index (χ2v) is 8.45. The van der Waals surface area contributed by atoms with Gasteiger partial charge in [-0.1, -0.05) is 60.2 Å². The van der Waals surface area contributed by atoms with Crippen molar-refractivity contribution in [1.82, 2.24) is 15.5 Å². The van der Waals surface area contributed by atoms with E-state index in [-0.39, 0.29) is 17.9 Å². The molecule has 31 heavy (non-hydrogen) atoms. The maximum absolute atomic E-state index is 13.1. The van der Waals surface area contributed by atoms with E-state index in [1.807, 2.05) is 48.5 Å². The Morgan fingerprint density at radius 3 is 2.23 bits per heavy atom. The number of carbonyl (C=O) groups is 2. The van der Waals surface area contributed by atoms with E-state index in [1.165, 1.54) is 5.57 Å². The number of allylic oxidation sites excluding steroid dienone is 1. The highest BCUT2D eigenvalue weighted by atomic mass is 16.2. The molecule has 1 aliphatic rings. The summed E-state index contributed by atoms with van der Waals surface area (Å²) in [4.78, 5) is 28.2. The predicted octanol–water partition coefficient (Wildman–Crippen LogP) is 3.57. The maximum atomic E-state index is 13.1. The van der Waals surface area contributed by atoms with Gasteiger partial charge in [-0.15, -0.1) is 0 Å². The molecule has 1 saturated heterocycles. The Kier molecular flexibility index (Phi) is 8.42. The number of hydrogen-bond donors (Lipinski definition) is 2. The lowest BCUT2D eigenvalue weighted by atomic mass is 10.0. The van der Waals surface area contributed by atoms with Gasteiger partial charge in [0.2, 0.25) is 5.91 Å². The van der Waals surface area contributed by atoms with Gasteiger partial charge >= 0.3 is 0 Å². The molecule has 0 spiro atoms. The van der Waals surface area contributed by atoms with Crippen LogP contribution in [0.25, 0.3) is 0 Å². The van der Waals surface area contributed by atoms with Gasteiger partial charge in [-0.25, -0.2) is 0 Å². The first kappa shape index (κ1) is 22.8. The molecule has 5 nitrogen and oxygen atoms in total. The van der Waals surface area contributed by atoms with Gasteiger partial charge in [0.25, 0.3) is 5.91 Å². The summed E-state index contributed by atoms with van der Waals surface area (Å²) in [6.45, 7) is 7.13. The zero-order valence-corrected chi connectivity index (χ0v) is 18.5. The van der Waals surface area contributed by atoms with Crippen LogP contribution in [0.3, 0.4) is 0 Å². The van der Waals surface area contributed by atoms with Crippen LogP contribution in [0.2, 0.25) is 0 Å². The Morgan fingerprint density at radius 2 is 1.61 bits per heavy atom. The van der Waals surface area contributed by atoms with Crippen molar-refractivity contribution in [2.24, 2.45) is 0 Å². The fourth-order valence-corrected chi connectivity index (χ4v) is 3.76. The third-order valence-corrected chi connectivity index (χ3v) is 5.63. The van der Waals surface area contributed by atoms with Crippen molar-refractivity contribution in [3.8, 4) is 0 Å². The Morgan fingerprint density at radius 1 is 1.00 bits per heavy atom. The van der Waals surface area contributed by atoms with E-state index in [1.54, 1.807) is 12.1 Å². The Balaban J connectivity index is 1.61. The Hall–Kier alpha value is -2.92. The van der Waals surface area contributed by atoms with E-state index >= 15 is 0 Å². The summed E-state index contributed by atoms with van der Waals surface area (Å²) in [6, 6.07) is 18.4. The molecule has 0 bridgehead atoms. The first-order valence-corrected chi connectivity index (χ1v) is 11.1. The van der Waals surface area contributed by atoms with Crippen LogP contribution in [0.1, 0.15) is 42.6 Å². The van der Waals surface area contributed by atoms with Gasteiger partial charge in [-0.05, 0) is 44.4 Å². The van der Waals surface area contributed by atoms with Crippen molar-refractivity contribution in [2.45, 2.75) is 45.2 Å². The molecular weight excluding hydrogens is 386 g/mol. The molecule has 164 valence electrons. The van der Waals surface area contributed by atoms with Gasteiger partial charge in [-0.2, -0.15) is 0 Å². The molecule has 2 amide bonds. The van der Waals surface area contributed by atoms with Crippen molar-refractivity contribution in [3.05, 3.63) is 83.4 Å². The molecule has 0 saturated carbocycles. The fraction of sp³-hybridized carbons (Fsp3) is 0.385. The van der Waals surface area contributed by atoms with Crippen molar-refractivity contribution in [1.29, 1.82) is 0 Å². The SMILES string of the molecule is CC(C)=CCN1CCC(NC(=O)C(Cc2ccccc2)NC(=O)c2ccccc2)CC1. The van der Waals surface area contributed by atoms with Crippen molar-refractivity contribution in [3.63, 3.8) is 0 Å². The number of amides is 2. The van der Waals surface area contributed by atoms with E-state index in [2.05, 4.69) is 35.5 Å². The highest BCUT2D eigenvalue weighted by Crippen LogP contribution is 2.12. The monoisotopic (exact) mass is 419 g/mol. The largest absolute Gasteiger partial charge is 0.351 e. The van der Waals surface area contributed by atoms with E-state index in [0.29, 0.717) is 12.0 Å². The minimum atomic E-state index is -0.612. The number of nitrogens with zero attached hydrogens (tertiary/aromatic N) is 1. The summed E-state index contributed by atoms with van der Waals surface area (Å²) >= 11 is 0. The summed E-state index contributed by atoms with van der Waals surface area (Å²) in [5, 5.41) is 6.13. The summed E-state index contributed by atoms with van der Waals surface area (Å²) in [7, 11) is 0. The number of nitrogens with one attached hydrogen (secondary N) is 2. The van der Waals surface area contributed by atoms with Gasteiger partial charge < -0.3 is 10.6 Å². The molecule has 2 aromatic carbocycles. The summed E-state index contributed by atoms with van der Waals surface area (Å²) in [5.41, 5.74) is 2.90. The quantitative estimate of drug-likeness (QED) is 0.643. The van der Waals surface area contributed by atoms with Crippen LogP contribution in [0.15, 0.2) is 72.3 Å². The summed E-state index contributed by atoms with van der Waals surface area (Å²) in [5.74, 6) is -0.343. The van der Waals surface area contributed by atoms with Crippen LogP contribution in [-0.4, -0.2) is 48.4 Å². The minimum Gasteiger partial charge on any atom is -0.351 e. The lowest BCUT2D eigenvalue weighted by Gasteiger charge is -2.32. The molecule has 2 N–H and O–H groups in total. The van der Waals surface area contributed by atoms with E-state index in [0.717, 1.165) is 38.0 Å². The van der Waals surface area contributed by atoms with Gasteiger partial charge in [-0.3, -0.25) is 14.5 Å². The molecule has 1 fully saturated rings. The van der Waals surface area contributed by atoms with Crippen LogP contribution >= 0.6 is 0 Å². The molecule has 1 atom stereocenters. The molecule has 1 aliphatic heterocycles. The molecule has 2 aromatic rings. The normalized spacial score (nSPS) is 15.7. The van der Waals surface area contributed by atoms with Crippen LogP contribution in [0.5, 0.6) is 0 Å². The third kappa shape index (κ3) is 7.37. The van der Waals surface area contributed by atoms with Crippen LogP contribution in [-0.2, 0) is 11.2 Å². The van der Waals surface area contributed by atoms with Crippen molar-refractivity contribution >= 4 is 11.8 Å². The maximum Gasteiger partial charge on any atom is 0.251 e. The molecule has 0 radical (unpaired) electrons. The van der Waals surface area contributed by atoms with Crippen LogP contribution in [0, 0.1) is 0 Å². The third-order valence-electron chi connectivity index (χ3n) is 5.63. The van der Waals surface area contributed by atoms with Gasteiger partial charge in [0.15, 0.2) is 0 Å². The van der Waals surface area contributed by atoms with Crippen LogP contribution in [0.4, 0.5) is 0 Å². The topological polar surface area (TPSA) is 61.4 Å². The van der Waals surface area contributed by atoms with E-state index in [4.69, 9.17) is 0 Å². The van der Waals surface area contributed by atoms with E-state index in [9.17, 15) is 9.59 Å². The highest BCUT2D eigenvalue weighted by molar-refractivity contribution is 5.97. The molecule has 1 unspecified atom stereocenters. The van der Waals surface area contributed by atoms with Crippen molar-refractivity contribution < 1.29 is 9.59 Å². The average molecular weight is 420 g/mol. The standard InChI is InChI=1S/C26H33N3O2/c1-20(2)13-16-29-17-14-23(15-18-29)27-26(31)24(19-21-9-5-3-6-10-21)28-25(30)22-11-7-4-8-12-22/h3-13,23-24H,14-19H2,1-2H3,(H,27,31)(H,28,30). The second kappa shape index (κ2) is 11.5. The number of benzene rings is 2. The second-order valence-electron chi connectivity index (χ2n) is 8.45. The van der Waals surface area contributed by atoms with Gasteiger partial charge in [0.1, 0.15) is 6.04 Å². The van der Waals surface area contributed by atoms with Crippen molar-refractivity contribution in [2.75, 3.05) is 19.6 Å². The number of carbonyl (C=O) groups excluding carboxylic acids is 2. The molecule has 3 rings (SSSR count). The lowest BCUT2D eigenvalue weighted by Crippen LogP contribution is -2.53. The average Bonchev–Trinajstić information content (AvgIpc) is 2.79. The Labute approximate surface area is 185 Å². The molecule has 0 aromatic heterocycles.